The van der Waals surface area contributed by atoms with E-state index in [9.17, 15) is 26.7 Å². The lowest BCUT2D eigenvalue weighted by atomic mass is 10.2. The Hall–Kier alpha value is -1.20. The third-order valence-corrected chi connectivity index (χ3v) is 2.51. The van der Waals surface area contributed by atoms with Crippen LogP contribution in [0.25, 0.3) is 0 Å². The van der Waals surface area contributed by atoms with Crippen molar-refractivity contribution in [3.63, 3.8) is 0 Å². The van der Waals surface area contributed by atoms with Crippen LogP contribution in [-0.2, 0) is 0 Å². The van der Waals surface area contributed by atoms with E-state index in [4.69, 9.17) is 5.11 Å². The van der Waals surface area contributed by atoms with Crippen LogP contribution >= 0.6 is 22.6 Å². The number of nitrogens with zero attached hydrogens (tertiary/aromatic N) is 1. The maximum absolute atomic E-state index is 12.4. The summed E-state index contributed by atoms with van der Waals surface area (Å²) in [5.41, 5.74) is -1.86. The summed E-state index contributed by atoms with van der Waals surface area (Å²) in [6.07, 6.45) is -8.21. The van der Waals surface area contributed by atoms with Crippen molar-refractivity contribution in [3.05, 3.63) is 20.9 Å². The number of hydrogen-bond acceptors (Lipinski definition) is 3. The number of aromatic carboxylic acids is 1. The standard InChI is InChI=1S/C8H3F5INO3/c9-4(10)2-1-3(7(16)17)6(15-5(2)14)18-8(11,12)13/h1,4H,(H,16,17). The molecule has 0 saturated carbocycles. The molecule has 0 saturated heterocycles. The van der Waals surface area contributed by atoms with Gasteiger partial charge in [-0.05, 0) is 28.7 Å². The van der Waals surface area contributed by atoms with Gasteiger partial charge in [0.15, 0.2) is 0 Å². The van der Waals surface area contributed by atoms with Crippen LogP contribution in [0.5, 0.6) is 5.88 Å². The normalized spacial score (nSPS) is 11.7. The van der Waals surface area contributed by atoms with E-state index in [1.165, 1.54) is 22.6 Å². The molecule has 1 aromatic rings. The van der Waals surface area contributed by atoms with E-state index in [1.54, 1.807) is 0 Å². The molecule has 0 fully saturated rings. The van der Waals surface area contributed by atoms with E-state index in [-0.39, 0.29) is 0 Å². The minimum Gasteiger partial charge on any atom is -0.477 e. The molecular formula is C8H3F5INO3. The summed E-state index contributed by atoms with van der Waals surface area (Å²) in [4.78, 5) is 13.7. The van der Waals surface area contributed by atoms with Gasteiger partial charge in [0.2, 0.25) is 5.88 Å². The van der Waals surface area contributed by atoms with Gasteiger partial charge in [-0.2, -0.15) is 0 Å². The molecule has 0 aliphatic carbocycles. The Balaban J connectivity index is 3.34. The lowest BCUT2D eigenvalue weighted by Gasteiger charge is -2.12. The Kier molecular flexibility index (Phi) is 4.29. The van der Waals surface area contributed by atoms with Crippen molar-refractivity contribution in [2.24, 2.45) is 0 Å². The molecule has 0 aromatic carbocycles. The second kappa shape index (κ2) is 5.20. The molecule has 0 bridgehead atoms. The summed E-state index contributed by atoms with van der Waals surface area (Å²) in [5, 5.41) is 8.62. The van der Waals surface area contributed by atoms with Crippen LogP contribution in [0.1, 0.15) is 22.3 Å². The maximum Gasteiger partial charge on any atom is 0.574 e. The first-order chi connectivity index (χ1) is 8.11. The Bertz CT molecular complexity index is 477. The summed E-state index contributed by atoms with van der Waals surface area (Å²) in [5.74, 6) is -3.12. The van der Waals surface area contributed by atoms with Crippen molar-refractivity contribution in [1.29, 1.82) is 0 Å². The Labute approximate surface area is 110 Å². The van der Waals surface area contributed by atoms with Crippen molar-refractivity contribution < 1.29 is 36.6 Å². The summed E-state index contributed by atoms with van der Waals surface area (Å²) >= 11 is 1.26. The van der Waals surface area contributed by atoms with E-state index in [2.05, 4.69) is 9.72 Å². The highest BCUT2D eigenvalue weighted by Crippen LogP contribution is 2.31. The molecule has 1 rings (SSSR count). The van der Waals surface area contributed by atoms with Gasteiger partial charge in [-0.1, -0.05) is 0 Å². The van der Waals surface area contributed by atoms with Crippen LogP contribution in [0.3, 0.4) is 0 Å². The number of carboxylic acid groups (broad SMARTS) is 1. The zero-order valence-electron chi connectivity index (χ0n) is 8.13. The number of aromatic nitrogens is 1. The molecule has 10 heteroatoms. The molecule has 100 valence electrons. The highest BCUT2D eigenvalue weighted by atomic mass is 127. The minimum atomic E-state index is -5.16. The van der Waals surface area contributed by atoms with Gasteiger partial charge in [-0.15, -0.1) is 13.2 Å². The van der Waals surface area contributed by atoms with Crippen molar-refractivity contribution in [2.75, 3.05) is 0 Å². The van der Waals surface area contributed by atoms with E-state index in [0.29, 0.717) is 6.07 Å². The topological polar surface area (TPSA) is 59.4 Å². The molecule has 0 unspecified atom stereocenters. The van der Waals surface area contributed by atoms with Gasteiger partial charge in [0.25, 0.3) is 6.43 Å². The average Bonchev–Trinajstić information content (AvgIpc) is 2.13. The fourth-order valence-corrected chi connectivity index (χ4v) is 1.59. The third kappa shape index (κ3) is 3.65. The second-order valence-corrected chi connectivity index (χ2v) is 3.90. The molecule has 0 amide bonds. The lowest BCUT2D eigenvalue weighted by molar-refractivity contribution is -0.276. The molecule has 1 N–H and O–H groups in total. The zero-order valence-corrected chi connectivity index (χ0v) is 10.3. The van der Waals surface area contributed by atoms with Crippen molar-refractivity contribution >= 4 is 28.6 Å². The van der Waals surface area contributed by atoms with Gasteiger partial charge in [0.05, 0.1) is 5.56 Å². The summed E-state index contributed by atoms with van der Waals surface area (Å²) in [7, 11) is 0. The smallest absolute Gasteiger partial charge is 0.477 e. The molecule has 0 spiro atoms. The van der Waals surface area contributed by atoms with Crippen LogP contribution in [0.4, 0.5) is 22.0 Å². The largest absolute Gasteiger partial charge is 0.574 e. The molecule has 0 atom stereocenters. The van der Waals surface area contributed by atoms with E-state index in [1.807, 2.05) is 0 Å². The first-order valence-electron chi connectivity index (χ1n) is 4.09. The second-order valence-electron chi connectivity index (χ2n) is 2.87. The predicted molar refractivity (Wildman–Crippen MR) is 55.6 cm³/mol. The number of pyridine rings is 1. The monoisotopic (exact) mass is 383 g/mol. The Morgan fingerprint density at radius 3 is 2.39 bits per heavy atom. The average molecular weight is 383 g/mol. The van der Waals surface area contributed by atoms with Gasteiger partial charge in [0.1, 0.15) is 9.26 Å². The van der Waals surface area contributed by atoms with Crippen LogP contribution in [0, 0.1) is 3.70 Å². The number of carbonyl (C=O) groups is 1. The molecule has 1 heterocycles. The fraction of sp³-hybridized carbons (Fsp3) is 0.250. The first-order valence-corrected chi connectivity index (χ1v) is 5.17. The highest BCUT2D eigenvalue weighted by molar-refractivity contribution is 14.1. The fourth-order valence-electron chi connectivity index (χ4n) is 0.984. The number of ether oxygens (including phenoxy) is 1. The van der Waals surface area contributed by atoms with E-state index in [0.717, 1.165) is 0 Å². The SMILES string of the molecule is O=C(O)c1cc(C(F)F)c(I)nc1OC(F)(F)F. The molecular weight excluding hydrogens is 380 g/mol. The van der Waals surface area contributed by atoms with Gasteiger partial charge in [0, 0.05) is 0 Å². The number of halogens is 6. The van der Waals surface area contributed by atoms with Crippen LogP contribution < -0.4 is 4.74 Å². The van der Waals surface area contributed by atoms with Crippen molar-refractivity contribution in [3.8, 4) is 5.88 Å². The zero-order chi connectivity index (χ0) is 14.1. The Morgan fingerprint density at radius 2 is 2.00 bits per heavy atom. The quantitative estimate of drug-likeness (QED) is 0.495. The molecule has 0 aliphatic heterocycles. The first kappa shape index (κ1) is 14.9. The Morgan fingerprint density at radius 1 is 1.44 bits per heavy atom. The van der Waals surface area contributed by atoms with E-state index >= 15 is 0 Å². The molecule has 1 aromatic heterocycles. The van der Waals surface area contributed by atoms with E-state index < -0.39 is 39.5 Å². The molecule has 0 radical (unpaired) electrons. The molecule has 0 aliphatic rings. The van der Waals surface area contributed by atoms with Crippen molar-refractivity contribution in [2.45, 2.75) is 12.8 Å². The number of hydrogen-bond donors (Lipinski definition) is 1. The molecule has 18 heavy (non-hydrogen) atoms. The minimum absolute atomic E-state index is 0.406. The highest BCUT2D eigenvalue weighted by Gasteiger charge is 2.35. The lowest BCUT2D eigenvalue weighted by Crippen LogP contribution is -2.20. The molecule has 4 nitrogen and oxygen atoms in total. The number of carboxylic acids is 1. The van der Waals surface area contributed by atoms with Crippen LogP contribution in [0.2, 0.25) is 0 Å². The summed E-state index contributed by atoms with van der Waals surface area (Å²) in [6.45, 7) is 0. The van der Waals surface area contributed by atoms with Gasteiger partial charge in [-0.3, -0.25) is 0 Å². The maximum atomic E-state index is 12.4. The van der Waals surface area contributed by atoms with Crippen molar-refractivity contribution in [1.82, 2.24) is 4.98 Å². The summed E-state index contributed by atoms with van der Waals surface area (Å²) < 4.78 is 63.7. The van der Waals surface area contributed by atoms with Crippen LogP contribution in [-0.4, -0.2) is 22.4 Å². The predicted octanol–water partition coefficient (Wildman–Crippen LogP) is 3.22. The van der Waals surface area contributed by atoms with Gasteiger partial charge in [-0.25, -0.2) is 18.6 Å². The number of rotatable bonds is 3. The van der Waals surface area contributed by atoms with Crippen LogP contribution in [0.15, 0.2) is 6.07 Å². The third-order valence-electron chi connectivity index (χ3n) is 1.65. The summed E-state index contributed by atoms with van der Waals surface area (Å²) in [6, 6.07) is 0.406. The van der Waals surface area contributed by atoms with Gasteiger partial charge >= 0.3 is 12.3 Å². The van der Waals surface area contributed by atoms with Gasteiger partial charge < -0.3 is 9.84 Å². The number of alkyl halides is 5.